The molecule has 1 N–H and O–H groups in total. The molecular weight excluding hydrogens is 220 g/mol. The van der Waals surface area contributed by atoms with Gasteiger partial charge in [-0.25, -0.2) is 9.97 Å². The van der Waals surface area contributed by atoms with E-state index >= 15 is 0 Å². The predicted molar refractivity (Wildman–Crippen MR) is 60.4 cm³/mol. The third-order valence-electron chi connectivity index (χ3n) is 2.77. The van der Waals surface area contributed by atoms with Gasteiger partial charge in [0.1, 0.15) is 6.07 Å². The van der Waals surface area contributed by atoms with E-state index < -0.39 is 0 Å². The molecule has 0 amide bonds. The SMILES string of the molecule is CC1COC(CO)CN1c1nccnc1C#N. The van der Waals surface area contributed by atoms with Gasteiger partial charge in [-0.05, 0) is 6.92 Å². The van der Waals surface area contributed by atoms with E-state index in [0.29, 0.717) is 24.7 Å². The van der Waals surface area contributed by atoms with Crippen LogP contribution in [0.3, 0.4) is 0 Å². The van der Waals surface area contributed by atoms with Gasteiger partial charge >= 0.3 is 0 Å². The van der Waals surface area contributed by atoms with Gasteiger partial charge in [0.25, 0.3) is 0 Å². The average Bonchev–Trinajstić information content (AvgIpc) is 2.39. The van der Waals surface area contributed by atoms with Crippen LogP contribution in [-0.2, 0) is 4.74 Å². The van der Waals surface area contributed by atoms with Gasteiger partial charge in [0, 0.05) is 18.9 Å². The number of hydrogen-bond acceptors (Lipinski definition) is 6. The Bertz CT molecular complexity index is 432. The molecule has 0 aromatic carbocycles. The molecule has 0 spiro atoms. The average molecular weight is 234 g/mol. The summed E-state index contributed by atoms with van der Waals surface area (Å²) in [6.45, 7) is 2.98. The van der Waals surface area contributed by atoms with E-state index in [4.69, 9.17) is 15.1 Å². The van der Waals surface area contributed by atoms with Crippen LogP contribution in [0.2, 0.25) is 0 Å². The van der Waals surface area contributed by atoms with E-state index in [-0.39, 0.29) is 18.8 Å². The molecule has 0 aliphatic carbocycles. The minimum absolute atomic E-state index is 0.0363. The molecule has 1 aromatic heterocycles. The Kier molecular flexibility index (Phi) is 3.52. The van der Waals surface area contributed by atoms with E-state index in [9.17, 15) is 0 Å². The van der Waals surface area contributed by atoms with Crippen molar-refractivity contribution in [2.75, 3.05) is 24.7 Å². The fraction of sp³-hybridized carbons (Fsp3) is 0.545. The summed E-state index contributed by atoms with van der Waals surface area (Å²) >= 11 is 0. The van der Waals surface area contributed by atoms with Crippen LogP contribution in [0.5, 0.6) is 0 Å². The van der Waals surface area contributed by atoms with Crippen molar-refractivity contribution in [3.63, 3.8) is 0 Å². The predicted octanol–water partition coefficient (Wildman–Crippen LogP) is -0.0657. The highest BCUT2D eigenvalue weighted by atomic mass is 16.5. The number of morpholine rings is 1. The van der Waals surface area contributed by atoms with Crippen molar-refractivity contribution < 1.29 is 9.84 Å². The zero-order chi connectivity index (χ0) is 12.3. The number of rotatable bonds is 2. The molecule has 2 rings (SSSR count). The molecule has 2 unspecified atom stereocenters. The number of ether oxygens (including phenoxy) is 1. The van der Waals surface area contributed by atoms with Gasteiger partial charge in [0.2, 0.25) is 0 Å². The Hall–Kier alpha value is -1.71. The summed E-state index contributed by atoms with van der Waals surface area (Å²) in [6.07, 6.45) is 2.82. The molecule has 6 heteroatoms. The second-order valence-electron chi connectivity index (χ2n) is 3.98. The van der Waals surface area contributed by atoms with Crippen molar-refractivity contribution in [2.24, 2.45) is 0 Å². The lowest BCUT2D eigenvalue weighted by Crippen LogP contribution is -2.50. The maximum Gasteiger partial charge on any atom is 0.183 e. The van der Waals surface area contributed by atoms with Crippen LogP contribution in [0, 0.1) is 11.3 Å². The van der Waals surface area contributed by atoms with E-state index in [1.54, 1.807) is 6.20 Å². The van der Waals surface area contributed by atoms with Crippen LogP contribution in [0.15, 0.2) is 12.4 Å². The fourth-order valence-corrected chi connectivity index (χ4v) is 1.84. The van der Waals surface area contributed by atoms with Crippen molar-refractivity contribution in [1.82, 2.24) is 9.97 Å². The highest BCUT2D eigenvalue weighted by Crippen LogP contribution is 2.21. The summed E-state index contributed by atoms with van der Waals surface area (Å²) in [6, 6.07) is 2.14. The molecule has 1 aromatic rings. The van der Waals surface area contributed by atoms with E-state index in [2.05, 4.69) is 9.97 Å². The van der Waals surface area contributed by atoms with Gasteiger partial charge in [0.15, 0.2) is 11.5 Å². The third kappa shape index (κ3) is 2.35. The number of hydrogen-bond donors (Lipinski definition) is 1. The van der Waals surface area contributed by atoms with Gasteiger partial charge < -0.3 is 14.7 Å². The third-order valence-corrected chi connectivity index (χ3v) is 2.77. The van der Waals surface area contributed by atoms with Gasteiger partial charge in [-0.3, -0.25) is 0 Å². The molecule has 0 bridgehead atoms. The molecule has 6 nitrogen and oxygen atoms in total. The second kappa shape index (κ2) is 5.08. The highest BCUT2D eigenvalue weighted by molar-refractivity contribution is 5.50. The molecule has 1 aliphatic rings. The Labute approximate surface area is 99.5 Å². The Morgan fingerprint density at radius 1 is 1.59 bits per heavy atom. The smallest absolute Gasteiger partial charge is 0.183 e. The number of nitriles is 1. The van der Waals surface area contributed by atoms with Crippen molar-refractivity contribution in [1.29, 1.82) is 5.26 Å². The Morgan fingerprint density at radius 2 is 2.35 bits per heavy atom. The zero-order valence-electron chi connectivity index (χ0n) is 9.58. The summed E-state index contributed by atoms with van der Waals surface area (Å²) in [5.74, 6) is 0.559. The fourth-order valence-electron chi connectivity index (χ4n) is 1.84. The van der Waals surface area contributed by atoms with Crippen LogP contribution >= 0.6 is 0 Å². The van der Waals surface area contributed by atoms with Crippen molar-refractivity contribution in [2.45, 2.75) is 19.1 Å². The largest absolute Gasteiger partial charge is 0.394 e. The molecule has 17 heavy (non-hydrogen) atoms. The van der Waals surface area contributed by atoms with Crippen LogP contribution in [0.25, 0.3) is 0 Å². The molecule has 0 radical (unpaired) electrons. The molecule has 2 atom stereocenters. The van der Waals surface area contributed by atoms with Gasteiger partial charge in [-0.1, -0.05) is 0 Å². The summed E-state index contributed by atoms with van der Waals surface area (Å²) in [7, 11) is 0. The molecule has 1 saturated heterocycles. The lowest BCUT2D eigenvalue weighted by atomic mass is 10.2. The highest BCUT2D eigenvalue weighted by Gasteiger charge is 2.28. The Morgan fingerprint density at radius 3 is 3.06 bits per heavy atom. The first-order valence-corrected chi connectivity index (χ1v) is 5.46. The van der Waals surface area contributed by atoms with Gasteiger partial charge in [-0.2, -0.15) is 5.26 Å². The maximum atomic E-state index is 9.12. The molecule has 1 fully saturated rings. The molecular formula is C11H14N4O2. The molecule has 1 aliphatic heterocycles. The van der Waals surface area contributed by atoms with Gasteiger partial charge in [-0.15, -0.1) is 0 Å². The monoisotopic (exact) mass is 234 g/mol. The van der Waals surface area contributed by atoms with E-state index in [1.165, 1.54) is 6.20 Å². The van der Waals surface area contributed by atoms with Crippen molar-refractivity contribution >= 4 is 5.82 Å². The van der Waals surface area contributed by atoms with Crippen molar-refractivity contribution in [3.05, 3.63) is 18.1 Å². The lowest BCUT2D eigenvalue weighted by molar-refractivity contribution is -0.0106. The van der Waals surface area contributed by atoms with E-state index in [0.717, 1.165) is 0 Å². The summed E-state index contributed by atoms with van der Waals surface area (Å²) in [5.41, 5.74) is 0.304. The quantitative estimate of drug-likeness (QED) is 0.771. The number of aliphatic hydroxyl groups excluding tert-OH is 1. The lowest BCUT2D eigenvalue weighted by Gasteiger charge is -2.38. The summed E-state index contributed by atoms with van der Waals surface area (Å²) < 4.78 is 5.44. The van der Waals surface area contributed by atoms with Crippen LogP contribution in [0.4, 0.5) is 5.82 Å². The van der Waals surface area contributed by atoms with Crippen LogP contribution in [-0.4, -0.2) is 47.0 Å². The van der Waals surface area contributed by atoms with Crippen LogP contribution < -0.4 is 4.90 Å². The number of aliphatic hydroxyl groups is 1. The second-order valence-corrected chi connectivity index (χ2v) is 3.98. The molecule has 0 saturated carbocycles. The van der Waals surface area contributed by atoms with Crippen LogP contribution in [0.1, 0.15) is 12.6 Å². The number of nitrogens with zero attached hydrogens (tertiary/aromatic N) is 4. The first-order valence-electron chi connectivity index (χ1n) is 5.46. The minimum atomic E-state index is -0.236. The standard InChI is InChI=1S/C11H14N4O2/c1-8-7-17-9(6-16)5-15(8)11-10(4-12)13-2-3-14-11/h2-3,8-9,16H,5-7H2,1H3. The number of anilines is 1. The first kappa shape index (κ1) is 11.8. The minimum Gasteiger partial charge on any atom is -0.394 e. The van der Waals surface area contributed by atoms with E-state index in [1.807, 2.05) is 17.9 Å². The molecule has 2 heterocycles. The first-order chi connectivity index (χ1) is 8.26. The zero-order valence-corrected chi connectivity index (χ0v) is 9.58. The van der Waals surface area contributed by atoms with Crippen molar-refractivity contribution in [3.8, 4) is 6.07 Å². The summed E-state index contributed by atoms with van der Waals surface area (Å²) in [4.78, 5) is 10.1. The normalized spacial score (nSPS) is 24.4. The topological polar surface area (TPSA) is 82.3 Å². The molecule has 90 valence electrons. The Balaban J connectivity index is 2.28. The number of aromatic nitrogens is 2. The van der Waals surface area contributed by atoms with Gasteiger partial charge in [0.05, 0.1) is 25.4 Å². The summed E-state index contributed by atoms with van der Waals surface area (Å²) in [5, 5.41) is 18.1. The maximum absolute atomic E-state index is 9.12.